The fourth-order valence-electron chi connectivity index (χ4n) is 7.96. The Hall–Kier alpha value is -8.58. The van der Waals surface area contributed by atoms with Gasteiger partial charge in [0.25, 0.3) is 25.3 Å². The van der Waals surface area contributed by atoms with Crippen LogP contribution in [0, 0.1) is 0 Å². The number of carbonyl (C=O) groups excluding carboxylic acids is 4. The second-order valence-electron chi connectivity index (χ2n) is 17.1. The molecule has 32 heteroatoms. The molecule has 14 rings (SSSR count). The Morgan fingerprint density at radius 3 is 0.698 bits per heavy atom. The van der Waals surface area contributed by atoms with E-state index in [1.807, 2.05) is 24.3 Å². The minimum Gasteiger partial charge on any atom is -0.545 e. The number of imidazole rings is 4. The molecule has 0 amide bonds. The van der Waals surface area contributed by atoms with Crippen LogP contribution < -0.4 is 38.7 Å². The lowest BCUT2D eigenvalue weighted by Gasteiger charge is -2.11. The van der Waals surface area contributed by atoms with E-state index in [9.17, 15) is 39.6 Å². The maximum absolute atomic E-state index is 10.5. The molecule has 16 bridgehead atoms. The van der Waals surface area contributed by atoms with Crippen molar-refractivity contribution < 1.29 is 113 Å². The van der Waals surface area contributed by atoms with Gasteiger partial charge in [-0.25, -0.2) is 18.3 Å². The Morgan fingerprint density at radius 1 is 0.337 bits per heavy atom. The minimum absolute atomic E-state index is 0. The van der Waals surface area contributed by atoms with Gasteiger partial charge in [0.2, 0.25) is 23.3 Å². The minimum atomic E-state index is -1.39. The van der Waals surface area contributed by atoms with Gasteiger partial charge in [-0.2, -0.15) is 28.2 Å². The van der Waals surface area contributed by atoms with Crippen LogP contribution in [0.25, 0.3) is 23.3 Å². The predicted octanol–water partition coefficient (Wildman–Crippen LogP) is -5.07. The Balaban J connectivity index is 0. The lowest BCUT2D eigenvalue weighted by atomic mass is 10.1. The van der Waals surface area contributed by atoms with Gasteiger partial charge in [0.1, 0.15) is 75.8 Å². The van der Waals surface area contributed by atoms with Gasteiger partial charge in [-0.05, 0) is 46.5 Å². The fraction of sp³-hybridized carbons (Fsp3) is 0.0741. The highest BCUT2D eigenvalue weighted by molar-refractivity contribution is 9.11. The van der Waals surface area contributed by atoms with Crippen molar-refractivity contribution in [3.8, 4) is 23.3 Å². The quantitative estimate of drug-likeness (QED) is 0.151. The number of aromatic carboxylic acids is 4. The molecular formula is C54H58Br4N10O18. The van der Waals surface area contributed by atoms with Crippen molar-refractivity contribution in [1.29, 1.82) is 0 Å². The van der Waals surface area contributed by atoms with Gasteiger partial charge in [-0.1, -0.05) is 124 Å². The van der Waals surface area contributed by atoms with E-state index in [1.165, 1.54) is 22.3 Å². The van der Waals surface area contributed by atoms with E-state index in [2.05, 4.69) is 236 Å². The number of hydrogen-bond donors (Lipinski definition) is 0. The highest BCUT2D eigenvalue weighted by Gasteiger charge is 2.17. The van der Waals surface area contributed by atoms with Crippen LogP contribution in [0.3, 0.4) is 0 Å². The predicted molar refractivity (Wildman–Crippen MR) is 313 cm³/mol. The SMILES string of the molecule is O.O.O.O.O.O.O.O.O.O.O=C([O-])c1cc(Br)c(C(=O)[O-])cc1Br.O=C([O-])c1cc(Br)c(C(=O)[O-])cc1Br.c1cc2nc(c1)-n1cc[n+](c1)Cc1ccc(cc1)C[n+]1ccn(c1)-c1cccc(n1)-n1cc[n+](c1)Cc1ccc(cc1)C[n+]1ccn-2c1. The molecule has 460 valence electrons. The Labute approximate surface area is 521 Å². The van der Waals surface area contributed by atoms with E-state index in [0.717, 1.165) is 73.7 Å². The molecule has 0 saturated carbocycles. The summed E-state index contributed by atoms with van der Waals surface area (Å²) in [7, 11) is 0. The summed E-state index contributed by atoms with van der Waals surface area (Å²) in [6.07, 6.45) is 25.0. The summed E-state index contributed by atoms with van der Waals surface area (Å²) in [5.74, 6) is -2.06. The van der Waals surface area contributed by atoms with Gasteiger partial charge in [0, 0.05) is 64.4 Å². The number of carboxylic acids is 4. The Morgan fingerprint density at radius 2 is 0.523 bits per heavy atom. The second kappa shape index (κ2) is 35.0. The molecule has 4 aliphatic heterocycles. The molecule has 10 aromatic rings. The smallest absolute Gasteiger partial charge is 0.250 e. The van der Waals surface area contributed by atoms with Crippen molar-refractivity contribution in [3.05, 3.63) is 246 Å². The summed E-state index contributed by atoms with van der Waals surface area (Å²) in [5, 5.41) is 42.1. The van der Waals surface area contributed by atoms with Crippen LogP contribution in [0.2, 0.25) is 0 Å². The zero-order valence-corrected chi connectivity index (χ0v) is 50.7. The second-order valence-corrected chi connectivity index (χ2v) is 20.5. The molecule has 28 nitrogen and oxygen atoms in total. The molecule has 0 atom stereocenters. The molecule has 20 N–H and O–H groups in total. The third-order valence-electron chi connectivity index (χ3n) is 11.8. The molecule has 0 unspecified atom stereocenters. The van der Waals surface area contributed by atoms with Gasteiger partial charge < -0.3 is 94.4 Å². The van der Waals surface area contributed by atoms with Crippen LogP contribution in [-0.4, -0.2) is 107 Å². The van der Waals surface area contributed by atoms with Crippen molar-refractivity contribution in [3.63, 3.8) is 0 Å². The molecule has 0 radical (unpaired) electrons. The highest BCUT2D eigenvalue weighted by atomic mass is 79.9. The first-order chi connectivity index (χ1) is 36.5. The average Bonchev–Trinajstić information content (AvgIpc) is 4.33. The van der Waals surface area contributed by atoms with Gasteiger partial charge in [-0.3, -0.25) is 0 Å². The molecule has 0 spiro atoms. The molecule has 4 aromatic carbocycles. The molecule has 86 heavy (non-hydrogen) atoms. The highest BCUT2D eigenvalue weighted by Crippen LogP contribution is 2.27. The number of hydrogen-bond acceptors (Lipinski definition) is 10. The molecule has 0 saturated heterocycles. The number of nitrogens with zero attached hydrogens (tertiary/aromatic N) is 10. The van der Waals surface area contributed by atoms with Crippen molar-refractivity contribution in [2.24, 2.45) is 0 Å². The van der Waals surface area contributed by atoms with Crippen molar-refractivity contribution in [1.82, 2.24) is 28.2 Å². The zero-order chi connectivity index (χ0) is 53.6. The summed E-state index contributed by atoms with van der Waals surface area (Å²) < 4.78 is 17.5. The maximum Gasteiger partial charge on any atom is 0.250 e. The largest absolute Gasteiger partial charge is 0.545 e. The molecule has 6 aromatic heterocycles. The number of benzene rings is 4. The topological polar surface area (TPSA) is 537 Å². The summed E-state index contributed by atoms with van der Waals surface area (Å²) in [4.78, 5) is 52.1. The third kappa shape index (κ3) is 19.2. The number of pyridine rings is 2. The van der Waals surface area contributed by atoms with Gasteiger partial charge in [0.05, 0.1) is 23.9 Å². The van der Waals surface area contributed by atoms with Crippen molar-refractivity contribution in [2.45, 2.75) is 26.2 Å². The van der Waals surface area contributed by atoms with Crippen molar-refractivity contribution in [2.75, 3.05) is 0 Å². The summed E-state index contributed by atoms with van der Waals surface area (Å²) in [5.41, 5.74) is 4.47. The van der Waals surface area contributed by atoms with Crippen molar-refractivity contribution >= 4 is 87.6 Å². The maximum atomic E-state index is 10.5. The number of rotatable bonds is 4. The molecular weight excluding hydrogens is 1400 g/mol. The molecule has 0 fully saturated rings. The summed E-state index contributed by atoms with van der Waals surface area (Å²) in [6.45, 7) is 3.11. The van der Waals surface area contributed by atoms with Gasteiger partial charge in [-0.15, -0.1) is 0 Å². The molecule has 10 heterocycles. The van der Waals surface area contributed by atoms with Crippen LogP contribution in [0.5, 0.6) is 0 Å². The number of aromatic nitrogens is 10. The van der Waals surface area contributed by atoms with Crippen LogP contribution in [0.15, 0.2) is 202 Å². The van der Waals surface area contributed by atoms with E-state index < -0.39 is 23.9 Å². The first-order valence-corrected chi connectivity index (χ1v) is 25.9. The molecule has 4 aliphatic rings. The number of carboxylic acid groups (broad SMARTS) is 4. The van der Waals surface area contributed by atoms with Crippen LogP contribution in [0.1, 0.15) is 63.7 Å². The van der Waals surface area contributed by atoms with E-state index in [-0.39, 0.29) is 94.9 Å². The van der Waals surface area contributed by atoms with Crippen LogP contribution in [0.4, 0.5) is 0 Å². The van der Waals surface area contributed by atoms with E-state index in [1.54, 1.807) is 0 Å². The number of halogens is 4. The van der Waals surface area contributed by atoms with E-state index in [4.69, 9.17) is 9.97 Å². The normalized spacial score (nSPS) is 10.3. The summed E-state index contributed by atoms with van der Waals surface area (Å²) in [6, 6.07) is 34.5. The number of carbonyl (C=O) groups is 4. The van der Waals surface area contributed by atoms with E-state index in [0.29, 0.717) is 0 Å². The van der Waals surface area contributed by atoms with E-state index >= 15 is 0 Å². The average molecular weight is 1450 g/mol. The first-order valence-electron chi connectivity index (χ1n) is 22.8. The Kier molecular flexibility index (Phi) is 32.4. The lowest BCUT2D eigenvalue weighted by Crippen LogP contribution is -2.32. The van der Waals surface area contributed by atoms with Gasteiger partial charge >= 0.3 is 0 Å². The monoisotopic (exact) mass is 1450 g/mol. The Bertz CT molecular complexity index is 3360. The van der Waals surface area contributed by atoms with Crippen LogP contribution in [-0.2, 0) is 26.2 Å². The van der Waals surface area contributed by atoms with Crippen LogP contribution >= 0.6 is 63.7 Å². The standard InChI is InChI=1S/C38H34N10.2C8H4Br2O4.10H2O/c1-3-35-39-36(4-1)46-20-16-42(28-46)24-32-9-13-34(14-10-32)26-44-18-22-48(30-44)38-6-2-5-37(40-38)47-21-17-43(29-47)25-33-11-7-31(8-12-33)23-41-15-19-45(35)27-41;2*9-5-1-3(7(11)12)6(10)2-4(5)8(13)14;;;;;;;;;;/h1-22,27-30H,23-26H2;2*1-2H,(H,11,12)(H,13,14);10*1H2/q+4;;;;;;;;;;;;/p-4. The fourth-order valence-corrected chi connectivity index (χ4v) is 9.98. The first kappa shape index (κ1) is 79.5. The summed E-state index contributed by atoms with van der Waals surface area (Å²) >= 11 is 11.7. The van der Waals surface area contributed by atoms with Gasteiger partial charge in [0.15, 0.2) is 0 Å². The molecule has 0 aliphatic carbocycles. The third-order valence-corrected chi connectivity index (χ3v) is 14.4. The lowest BCUT2D eigenvalue weighted by molar-refractivity contribution is -0.688. The zero-order valence-electron chi connectivity index (χ0n) is 44.4.